The van der Waals surface area contributed by atoms with Crippen LogP contribution in [0.25, 0.3) is 0 Å². The monoisotopic (exact) mass is 402 g/mol. The van der Waals surface area contributed by atoms with Crippen LogP contribution in [0, 0.1) is 5.92 Å². The Kier molecular flexibility index (Phi) is 9.59. The molecule has 0 aliphatic rings. The Hall–Kier alpha value is -2.63. The van der Waals surface area contributed by atoms with Gasteiger partial charge in [0.05, 0.1) is 6.04 Å². The largest absolute Gasteiger partial charge is 0.444 e. The summed E-state index contributed by atoms with van der Waals surface area (Å²) < 4.78 is 5.21. The van der Waals surface area contributed by atoms with Gasteiger partial charge in [0, 0.05) is 20.5 Å². The molecular formula is C23H34N2O4. The third-order valence-corrected chi connectivity index (χ3v) is 4.28. The first-order chi connectivity index (χ1) is 13.5. The van der Waals surface area contributed by atoms with Gasteiger partial charge in [0.25, 0.3) is 0 Å². The third-order valence-electron chi connectivity index (χ3n) is 4.28. The molecule has 1 rings (SSSR count). The molecule has 0 aliphatic heterocycles. The molecule has 6 nitrogen and oxygen atoms in total. The van der Waals surface area contributed by atoms with Crippen molar-refractivity contribution in [3.05, 3.63) is 48.0 Å². The van der Waals surface area contributed by atoms with Gasteiger partial charge in [-0.05, 0) is 58.1 Å². The number of aryl methyl sites for hydroxylation is 1. The van der Waals surface area contributed by atoms with Crippen LogP contribution in [0.5, 0.6) is 0 Å². The molecule has 0 aliphatic carbocycles. The van der Waals surface area contributed by atoms with E-state index in [1.165, 1.54) is 16.5 Å². The molecule has 1 aromatic carbocycles. The normalized spacial score (nSPS) is 13.6. The van der Waals surface area contributed by atoms with Crippen molar-refractivity contribution in [1.82, 2.24) is 10.2 Å². The third kappa shape index (κ3) is 10.5. The number of benzene rings is 1. The minimum Gasteiger partial charge on any atom is -0.444 e. The molecular weight excluding hydrogens is 368 g/mol. The summed E-state index contributed by atoms with van der Waals surface area (Å²) in [5.74, 6) is -0.326. The molecule has 0 fully saturated rings. The quantitative estimate of drug-likeness (QED) is 0.638. The van der Waals surface area contributed by atoms with Gasteiger partial charge in [-0.1, -0.05) is 36.4 Å². The second kappa shape index (κ2) is 11.4. The summed E-state index contributed by atoms with van der Waals surface area (Å²) in [7, 11) is 3.37. The van der Waals surface area contributed by atoms with Crippen LogP contribution in [0.1, 0.15) is 46.1 Å². The minimum absolute atomic E-state index is 0.101. The Bertz CT molecular complexity index is 705. The van der Waals surface area contributed by atoms with Gasteiger partial charge in [0.1, 0.15) is 5.60 Å². The van der Waals surface area contributed by atoms with Crippen LogP contribution in [-0.2, 0) is 20.7 Å². The molecule has 0 unspecified atom stereocenters. The molecule has 29 heavy (non-hydrogen) atoms. The Balaban J connectivity index is 2.74. The zero-order valence-corrected chi connectivity index (χ0v) is 18.4. The number of likely N-dealkylation sites (N-methyl/N-ethyl adjacent to an activating group) is 1. The number of ketones is 1. The van der Waals surface area contributed by atoms with Crippen LogP contribution in [0.3, 0.4) is 0 Å². The minimum atomic E-state index is -0.665. The number of amides is 2. The highest BCUT2D eigenvalue weighted by Gasteiger charge is 2.22. The van der Waals surface area contributed by atoms with E-state index in [4.69, 9.17) is 4.74 Å². The lowest BCUT2D eigenvalue weighted by molar-refractivity contribution is -0.124. The molecule has 2 atom stereocenters. The van der Waals surface area contributed by atoms with Crippen molar-refractivity contribution in [3.8, 4) is 0 Å². The highest BCUT2D eigenvalue weighted by atomic mass is 16.6. The van der Waals surface area contributed by atoms with Gasteiger partial charge >= 0.3 is 6.09 Å². The Morgan fingerprint density at radius 3 is 2.31 bits per heavy atom. The van der Waals surface area contributed by atoms with Crippen molar-refractivity contribution >= 4 is 17.8 Å². The first-order valence-corrected chi connectivity index (χ1v) is 9.93. The molecule has 0 aromatic heterocycles. The predicted molar refractivity (Wildman–Crippen MR) is 115 cm³/mol. The molecule has 1 N–H and O–H groups in total. The van der Waals surface area contributed by atoms with Gasteiger partial charge in [-0.2, -0.15) is 0 Å². The lowest BCUT2D eigenvalue weighted by atomic mass is 9.92. The molecule has 0 spiro atoms. The SMILES string of the molecule is C[C@H](NC(=O)OC(C)(C)C)C(=O)C[C@H](/C=C/C(=O)N(C)C)CCc1ccccc1. The zero-order chi connectivity index (χ0) is 22.0. The van der Waals surface area contributed by atoms with E-state index in [1.807, 2.05) is 30.3 Å². The van der Waals surface area contributed by atoms with E-state index in [-0.39, 0.29) is 24.0 Å². The number of ether oxygens (including phenoxy) is 1. The van der Waals surface area contributed by atoms with Gasteiger partial charge < -0.3 is 15.0 Å². The number of carbonyl (C=O) groups is 3. The van der Waals surface area contributed by atoms with Crippen LogP contribution in [-0.4, -0.2) is 48.4 Å². The number of carbonyl (C=O) groups excluding carboxylic acids is 3. The van der Waals surface area contributed by atoms with Crippen LogP contribution in [0.2, 0.25) is 0 Å². The molecule has 0 bridgehead atoms. The van der Waals surface area contributed by atoms with E-state index in [0.717, 1.165) is 12.8 Å². The topological polar surface area (TPSA) is 75.7 Å². The van der Waals surface area contributed by atoms with Crippen molar-refractivity contribution in [1.29, 1.82) is 0 Å². The Labute approximate surface area is 174 Å². The lowest BCUT2D eigenvalue weighted by Gasteiger charge is -2.22. The predicted octanol–water partition coefficient (Wildman–Crippen LogP) is 3.75. The van der Waals surface area contributed by atoms with Crippen molar-refractivity contribution in [2.45, 2.75) is 58.6 Å². The number of hydrogen-bond acceptors (Lipinski definition) is 4. The van der Waals surface area contributed by atoms with Gasteiger partial charge in [-0.25, -0.2) is 4.79 Å². The zero-order valence-electron chi connectivity index (χ0n) is 18.4. The van der Waals surface area contributed by atoms with Gasteiger partial charge in [-0.3, -0.25) is 9.59 Å². The maximum absolute atomic E-state index is 12.6. The summed E-state index contributed by atoms with van der Waals surface area (Å²) >= 11 is 0. The van der Waals surface area contributed by atoms with Crippen molar-refractivity contribution < 1.29 is 19.1 Å². The summed E-state index contributed by atoms with van der Waals surface area (Å²) in [5, 5.41) is 2.59. The summed E-state index contributed by atoms with van der Waals surface area (Å²) in [5.41, 5.74) is 0.553. The highest BCUT2D eigenvalue weighted by molar-refractivity contribution is 5.88. The first-order valence-electron chi connectivity index (χ1n) is 9.93. The van der Waals surface area contributed by atoms with Gasteiger partial charge in [-0.15, -0.1) is 0 Å². The Morgan fingerprint density at radius 2 is 1.76 bits per heavy atom. The molecule has 0 saturated carbocycles. The summed E-state index contributed by atoms with van der Waals surface area (Å²) in [6, 6.07) is 9.34. The number of rotatable bonds is 9. The standard InChI is InChI=1S/C23H34N2O4/c1-17(24-22(28)29-23(2,3)4)20(26)16-19(14-15-21(27)25(5)6)13-12-18-10-8-7-9-11-18/h7-11,14-15,17,19H,12-13,16H2,1-6H3,(H,24,28)/b15-14+/t17-,19-/m0/s1. The van der Waals surface area contributed by atoms with Gasteiger partial charge in [0.15, 0.2) is 5.78 Å². The Morgan fingerprint density at radius 1 is 1.14 bits per heavy atom. The first kappa shape index (κ1) is 24.4. The fraction of sp³-hybridized carbons (Fsp3) is 0.522. The van der Waals surface area contributed by atoms with Gasteiger partial charge in [0.2, 0.25) is 5.91 Å². The van der Waals surface area contributed by atoms with E-state index < -0.39 is 17.7 Å². The maximum atomic E-state index is 12.6. The molecule has 0 saturated heterocycles. The van der Waals surface area contributed by atoms with E-state index in [9.17, 15) is 14.4 Å². The smallest absolute Gasteiger partial charge is 0.408 e. The summed E-state index contributed by atoms with van der Waals surface area (Å²) in [6.07, 6.45) is 4.45. The average Bonchev–Trinajstić information content (AvgIpc) is 2.62. The van der Waals surface area contributed by atoms with Crippen LogP contribution in [0.4, 0.5) is 4.79 Å². The van der Waals surface area contributed by atoms with Crippen molar-refractivity contribution in [2.75, 3.05) is 14.1 Å². The number of alkyl carbamates (subject to hydrolysis) is 1. The second-order valence-corrected chi connectivity index (χ2v) is 8.41. The fourth-order valence-corrected chi connectivity index (χ4v) is 2.63. The number of nitrogens with zero attached hydrogens (tertiary/aromatic N) is 1. The van der Waals surface area contributed by atoms with E-state index in [2.05, 4.69) is 5.32 Å². The average molecular weight is 403 g/mol. The lowest BCUT2D eigenvalue weighted by Crippen LogP contribution is -2.42. The van der Waals surface area contributed by atoms with Crippen LogP contribution < -0.4 is 5.32 Å². The molecule has 0 heterocycles. The fourth-order valence-electron chi connectivity index (χ4n) is 2.63. The molecule has 2 amide bonds. The highest BCUT2D eigenvalue weighted by Crippen LogP contribution is 2.17. The molecule has 0 radical (unpaired) electrons. The van der Waals surface area contributed by atoms with Crippen molar-refractivity contribution in [3.63, 3.8) is 0 Å². The summed E-state index contributed by atoms with van der Waals surface area (Å²) in [4.78, 5) is 37.9. The number of hydrogen-bond donors (Lipinski definition) is 1. The van der Waals surface area contributed by atoms with Crippen LogP contribution >= 0.6 is 0 Å². The molecule has 160 valence electrons. The van der Waals surface area contributed by atoms with E-state index >= 15 is 0 Å². The summed E-state index contributed by atoms with van der Waals surface area (Å²) in [6.45, 7) is 6.96. The van der Waals surface area contributed by atoms with E-state index in [1.54, 1.807) is 47.9 Å². The number of nitrogens with one attached hydrogen (secondary N) is 1. The second-order valence-electron chi connectivity index (χ2n) is 8.41. The van der Waals surface area contributed by atoms with Crippen molar-refractivity contribution in [2.24, 2.45) is 5.92 Å². The molecule has 1 aromatic rings. The van der Waals surface area contributed by atoms with Crippen LogP contribution in [0.15, 0.2) is 42.5 Å². The van der Waals surface area contributed by atoms with E-state index in [0.29, 0.717) is 0 Å². The number of Topliss-reactive ketones (excluding diaryl/α,β-unsaturated/α-hetero) is 1. The number of allylic oxidation sites excluding steroid dienone is 1. The molecule has 6 heteroatoms. The maximum Gasteiger partial charge on any atom is 0.408 e.